The highest BCUT2D eigenvalue weighted by atomic mass is 16.2. The van der Waals surface area contributed by atoms with E-state index in [1.165, 1.54) is 5.56 Å². The molecule has 118 valence electrons. The van der Waals surface area contributed by atoms with Crippen LogP contribution in [0, 0.1) is 0 Å². The van der Waals surface area contributed by atoms with Gasteiger partial charge in [0.15, 0.2) is 5.65 Å². The van der Waals surface area contributed by atoms with Gasteiger partial charge in [-0.05, 0) is 23.1 Å². The maximum atomic E-state index is 12.1. The molecule has 3 rings (SSSR count). The summed E-state index contributed by atoms with van der Waals surface area (Å²) >= 11 is 0. The minimum atomic E-state index is -0.318. The summed E-state index contributed by atoms with van der Waals surface area (Å²) in [4.78, 5) is 16.3. The Morgan fingerprint density at radius 2 is 1.74 bits per heavy atom. The monoisotopic (exact) mass is 309 g/mol. The van der Waals surface area contributed by atoms with Gasteiger partial charge in [0.25, 0.3) is 0 Å². The highest BCUT2D eigenvalue weighted by Crippen LogP contribution is 2.23. The zero-order valence-corrected chi connectivity index (χ0v) is 13.4. The molecule has 1 aromatic carbocycles. The van der Waals surface area contributed by atoms with Gasteiger partial charge in [0.1, 0.15) is 0 Å². The fourth-order valence-electron chi connectivity index (χ4n) is 2.22. The summed E-state index contributed by atoms with van der Waals surface area (Å²) in [5.41, 5.74) is 3.35. The Morgan fingerprint density at radius 3 is 2.43 bits per heavy atom. The number of aromatic nitrogens is 3. The zero-order valence-electron chi connectivity index (χ0n) is 13.4. The Hall–Kier alpha value is -2.89. The summed E-state index contributed by atoms with van der Waals surface area (Å²) in [5, 5.41) is 9.63. The van der Waals surface area contributed by atoms with Gasteiger partial charge < -0.3 is 10.6 Å². The lowest BCUT2D eigenvalue weighted by Gasteiger charge is -2.19. The van der Waals surface area contributed by atoms with Crippen molar-refractivity contribution in [1.29, 1.82) is 0 Å². The van der Waals surface area contributed by atoms with Crippen LogP contribution in [0.1, 0.15) is 26.3 Å². The number of rotatable bonds is 2. The summed E-state index contributed by atoms with van der Waals surface area (Å²) in [6.45, 7) is 6.46. The van der Waals surface area contributed by atoms with Gasteiger partial charge in [0.05, 0.1) is 24.3 Å². The van der Waals surface area contributed by atoms with Gasteiger partial charge in [-0.15, -0.1) is 0 Å². The summed E-state index contributed by atoms with van der Waals surface area (Å²) in [7, 11) is 0. The van der Waals surface area contributed by atoms with Crippen LogP contribution in [-0.4, -0.2) is 20.6 Å². The number of hydrogen-bond donors (Lipinski definition) is 2. The van der Waals surface area contributed by atoms with Crippen LogP contribution in [0.15, 0.2) is 48.9 Å². The Kier molecular flexibility index (Phi) is 3.73. The number of urea groups is 1. The smallest absolute Gasteiger partial charge is 0.308 e. The molecule has 0 saturated carbocycles. The van der Waals surface area contributed by atoms with Crippen molar-refractivity contribution in [2.45, 2.75) is 26.2 Å². The lowest BCUT2D eigenvalue weighted by atomic mass is 9.87. The molecule has 0 radical (unpaired) electrons. The summed E-state index contributed by atoms with van der Waals surface area (Å²) in [6, 6.07) is 9.31. The first-order valence-corrected chi connectivity index (χ1v) is 7.40. The van der Waals surface area contributed by atoms with E-state index < -0.39 is 0 Å². The lowest BCUT2D eigenvalue weighted by Crippen LogP contribution is -2.20. The molecule has 0 spiro atoms. The Labute approximate surface area is 134 Å². The normalized spacial score (nSPS) is 11.4. The lowest BCUT2D eigenvalue weighted by molar-refractivity contribution is 0.262. The van der Waals surface area contributed by atoms with Crippen molar-refractivity contribution in [2.75, 3.05) is 10.6 Å². The summed E-state index contributed by atoms with van der Waals surface area (Å²) in [6.07, 6.45) is 4.97. The molecule has 0 atom stereocenters. The van der Waals surface area contributed by atoms with Gasteiger partial charge >= 0.3 is 6.03 Å². The Bertz CT molecular complexity index is 830. The standard InChI is InChI=1S/C17H19N5O/c1-17(2,3)12-4-6-13(7-5-12)20-16(23)21-14-10-18-15-8-9-19-22(15)11-14/h4-11H,1-3H3,(H2,20,21,23). The maximum absolute atomic E-state index is 12.1. The number of fused-ring (bicyclic) bond motifs is 1. The number of benzene rings is 1. The average molecular weight is 309 g/mol. The van der Waals surface area contributed by atoms with E-state index in [0.717, 1.165) is 11.3 Å². The van der Waals surface area contributed by atoms with Crippen LogP contribution in [0.5, 0.6) is 0 Å². The van der Waals surface area contributed by atoms with Crippen molar-refractivity contribution in [2.24, 2.45) is 0 Å². The molecule has 2 amide bonds. The second-order valence-electron chi connectivity index (χ2n) is 6.38. The number of anilines is 2. The zero-order chi connectivity index (χ0) is 16.4. The number of nitrogens with one attached hydrogen (secondary N) is 2. The fraction of sp³-hybridized carbons (Fsp3) is 0.235. The second-order valence-corrected chi connectivity index (χ2v) is 6.38. The first-order chi connectivity index (χ1) is 10.9. The molecule has 0 aliphatic heterocycles. The molecule has 6 heteroatoms. The highest BCUT2D eigenvalue weighted by Gasteiger charge is 2.13. The molecule has 0 unspecified atom stereocenters. The van der Waals surface area contributed by atoms with Gasteiger partial charge in [-0.2, -0.15) is 5.10 Å². The highest BCUT2D eigenvalue weighted by molar-refractivity contribution is 5.99. The van der Waals surface area contributed by atoms with E-state index in [2.05, 4.69) is 41.5 Å². The van der Waals surface area contributed by atoms with Crippen LogP contribution in [0.25, 0.3) is 5.65 Å². The minimum absolute atomic E-state index is 0.0889. The molecule has 2 aromatic heterocycles. The van der Waals surface area contributed by atoms with Crippen LogP contribution < -0.4 is 10.6 Å². The molecule has 6 nitrogen and oxygen atoms in total. The van der Waals surface area contributed by atoms with E-state index >= 15 is 0 Å². The minimum Gasteiger partial charge on any atom is -0.308 e. The van der Waals surface area contributed by atoms with Crippen LogP contribution in [0.3, 0.4) is 0 Å². The number of carbonyl (C=O) groups is 1. The SMILES string of the molecule is CC(C)(C)c1ccc(NC(=O)Nc2cnc3ccnn3c2)cc1. The number of carbonyl (C=O) groups excluding carboxylic acids is 1. The van der Waals surface area contributed by atoms with E-state index in [1.807, 2.05) is 24.3 Å². The van der Waals surface area contributed by atoms with E-state index in [4.69, 9.17) is 0 Å². The van der Waals surface area contributed by atoms with Gasteiger partial charge in [0, 0.05) is 11.8 Å². The largest absolute Gasteiger partial charge is 0.323 e. The first kappa shape index (κ1) is 15.0. The van der Waals surface area contributed by atoms with Crippen LogP contribution >= 0.6 is 0 Å². The van der Waals surface area contributed by atoms with E-state index in [1.54, 1.807) is 29.2 Å². The van der Waals surface area contributed by atoms with Gasteiger partial charge in [-0.25, -0.2) is 14.3 Å². The predicted octanol–water partition coefficient (Wildman–Crippen LogP) is 3.67. The van der Waals surface area contributed by atoms with E-state index in [9.17, 15) is 4.79 Å². The Balaban J connectivity index is 1.66. The molecule has 23 heavy (non-hydrogen) atoms. The van der Waals surface area contributed by atoms with Crippen molar-refractivity contribution in [3.05, 3.63) is 54.5 Å². The average Bonchev–Trinajstić information content (AvgIpc) is 2.94. The van der Waals surface area contributed by atoms with Crippen LogP contribution in [0.4, 0.5) is 16.2 Å². The fourth-order valence-corrected chi connectivity index (χ4v) is 2.22. The van der Waals surface area contributed by atoms with Gasteiger partial charge in [0.2, 0.25) is 0 Å². The predicted molar refractivity (Wildman–Crippen MR) is 90.8 cm³/mol. The van der Waals surface area contributed by atoms with Gasteiger partial charge in [-0.1, -0.05) is 32.9 Å². The molecule has 2 N–H and O–H groups in total. The summed E-state index contributed by atoms with van der Waals surface area (Å²) < 4.78 is 1.60. The number of hydrogen-bond acceptors (Lipinski definition) is 3. The Morgan fingerprint density at radius 1 is 1.04 bits per heavy atom. The van der Waals surface area contributed by atoms with Crippen molar-refractivity contribution in [3.63, 3.8) is 0 Å². The van der Waals surface area contributed by atoms with Crippen molar-refractivity contribution < 1.29 is 4.79 Å². The molecule has 0 aliphatic rings. The number of nitrogens with zero attached hydrogens (tertiary/aromatic N) is 3. The van der Waals surface area contributed by atoms with Crippen molar-refractivity contribution in [3.8, 4) is 0 Å². The molecular formula is C17H19N5O. The maximum Gasteiger partial charge on any atom is 0.323 e. The third kappa shape index (κ3) is 3.48. The van der Waals surface area contributed by atoms with Crippen LogP contribution in [-0.2, 0) is 5.41 Å². The number of amides is 2. The third-order valence-electron chi connectivity index (χ3n) is 3.51. The van der Waals surface area contributed by atoms with E-state index in [-0.39, 0.29) is 11.4 Å². The molecule has 0 saturated heterocycles. The molecule has 0 fully saturated rings. The topological polar surface area (TPSA) is 71.3 Å². The third-order valence-corrected chi connectivity index (χ3v) is 3.51. The molecule has 3 aromatic rings. The molecule has 2 heterocycles. The second kappa shape index (κ2) is 5.72. The summed E-state index contributed by atoms with van der Waals surface area (Å²) in [5.74, 6) is 0. The van der Waals surface area contributed by atoms with Crippen molar-refractivity contribution >= 4 is 23.1 Å². The quantitative estimate of drug-likeness (QED) is 0.758. The molecule has 0 bridgehead atoms. The van der Waals surface area contributed by atoms with Crippen LogP contribution in [0.2, 0.25) is 0 Å². The molecular weight excluding hydrogens is 290 g/mol. The molecule has 0 aliphatic carbocycles. The first-order valence-electron chi connectivity index (χ1n) is 7.40. The van der Waals surface area contributed by atoms with Gasteiger partial charge in [-0.3, -0.25) is 0 Å². The van der Waals surface area contributed by atoms with Crippen molar-refractivity contribution in [1.82, 2.24) is 14.6 Å². The van der Waals surface area contributed by atoms with E-state index in [0.29, 0.717) is 5.69 Å².